The van der Waals surface area contributed by atoms with Gasteiger partial charge in [0.1, 0.15) is 0 Å². The molecule has 4 rings (SSSR count). The third-order valence-corrected chi connectivity index (χ3v) is 36.1. The topological polar surface area (TPSA) is 29.1 Å². The molecule has 1 amide bonds. The summed E-state index contributed by atoms with van der Waals surface area (Å²) in [6.07, 6.45) is 0.807. The van der Waals surface area contributed by atoms with Crippen LogP contribution in [-0.2, 0) is 19.1 Å². The Hall–Kier alpha value is -1.36. The van der Waals surface area contributed by atoms with E-state index in [1.54, 1.807) is 0 Å². The van der Waals surface area contributed by atoms with Gasteiger partial charge < -0.3 is 0 Å². The average molecular weight is 477 g/mol. The van der Waals surface area contributed by atoms with Gasteiger partial charge in [0, 0.05) is 0 Å². The first-order valence-corrected chi connectivity index (χ1v) is 21.3. The molecule has 149 valence electrons. The van der Waals surface area contributed by atoms with E-state index in [0.717, 1.165) is 15.9 Å². The Morgan fingerprint density at radius 3 is 2.31 bits per heavy atom. The van der Waals surface area contributed by atoms with Crippen LogP contribution in [0.3, 0.4) is 0 Å². The van der Waals surface area contributed by atoms with Gasteiger partial charge in [-0.25, -0.2) is 0 Å². The first-order valence-electron chi connectivity index (χ1n) is 9.88. The number of rotatable bonds is 4. The van der Waals surface area contributed by atoms with Gasteiger partial charge in [-0.3, -0.25) is 0 Å². The van der Waals surface area contributed by atoms with Crippen LogP contribution < -0.4 is 7.67 Å². The molecule has 3 aromatic carbocycles. The molecule has 3 aromatic rings. The molecule has 0 atom stereocenters. The van der Waals surface area contributed by atoms with Gasteiger partial charge in [-0.1, -0.05) is 0 Å². The van der Waals surface area contributed by atoms with Gasteiger partial charge in [0.15, 0.2) is 0 Å². The molecule has 1 aliphatic carbocycles. The average Bonchev–Trinajstić information content (AvgIpc) is 3.06. The number of hydrogen-bond acceptors (Lipinski definition) is 1. The van der Waals surface area contributed by atoms with E-state index >= 15 is 0 Å². The van der Waals surface area contributed by atoms with Crippen LogP contribution in [0.15, 0.2) is 66.7 Å². The Balaban J connectivity index is 1.85. The number of carbonyl (C=O) groups is 1. The minimum absolute atomic E-state index is 0.167. The predicted molar refractivity (Wildman–Crippen MR) is 124 cm³/mol. The first-order chi connectivity index (χ1) is 13.7. The van der Waals surface area contributed by atoms with Gasteiger partial charge in [-0.05, 0) is 0 Å². The number of halogens is 2. The van der Waals surface area contributed by atoms with Crippen LogP contribution in [0, 0.1) is 6.92 Å². The summed E-state index contributed by atoms with van der Waals surface area (Å²) < 4.78 is 4.23. The summed E-state index contributed by atoms with van der Waals surface area (Å²) in [6.45, 7) is 4.55. The molecule has 0 unspecified atom stereocenters. The van der Waals surface area contributed by atoms with Crippen molar-refractivity contribution in [2.45, 2.75) is 26.4 Å². The van der Waals surface area contributed by atoms with Crippen LogP contribution in [0.5, 0.6) is 0 Å². The summed E-state index contributed by atoms with van der Waals surface area (Å²) in [4.78, 5) is 13.3. The zero-order valence-corrected chi connectivity index (χ0v) is 21.0. The zero-order valence-electron chi connectivity index (χ0n) is 16.8. The van der Waals surface area contributed by atoms with Crippen molar-refractivity contribution in [1.29, 1.82) is 0 Å². The monoisotopic (exact) mass is 476 g/mol. The van der Waals surface area contributed by atoms with Crippen LogP contribution in [0.1, 0.15) is 27.0 Å². The number of hydrogen-bond donors (Lipinski definition) is 1. The molecule has 1 N–H and O–H groups in total. The van der Waals surface area contributed by atoms with Crippen molar-refractivity contribution >= 4 is 35.0 Å². The second-order valence-electron chi connectivity index (χ2n) is 8.17. The summed E-state index contributed by atoms with van der Waals surface area (Å²) in [7, 11) is 14.9. The fourth-order valence-electron chi connectivity index (χ4n) is 4.21. The van der Waals surface area contributed by atoms with E-state index in [0.29, 0.717) is 5.56 Å². The molecule has 0 aromatic heterocycles. The Kier molecular flexibility index (Phi) is 5.33. The third kappa shape index (κ3) is 3.43. The molecule has 0 spiro atoms. The van der Waals surface area contributed by atoms with Crippen molar-refractivity contribution in [3.05, 3.63) is 89.0 Å². The summed E-state index contributed by atoms with van der Waals surface area (Å²) >= 11 is -4.55. The van der Waals surface area contributed by atoms with Gasteiger partial charge in [0.25, 0.3) is 0 Å². The van der Waals surface area contributed by atoms with Crippen molar-refractivity contribution in [3.8, 4) is 11.1 Å². The van der Waals surface area contributed by atoms with Crippen molar-refractivity contribution in [2.24, 2.45) is 0 Å². The maximum atomic E-state index is 13.3. The molecule has 0 aliphatic heterocycles. The van der Waals surface area contributed by atoms with Crippen molar-refractivity contribution < 1.29 is 17.5 Å². The normalized spacial score (nSPS) is 14.1. The van der Waals surface area contributed by atoms with Gasteiger partial charge in [0.2, 0.25) is 0 Å². The molecular weight excluding hydrogens is 453 g/mol. The van der Waals surface area contributed by atoms with E-state index in [-0.39, 0.29) is 5.91 Å². The summed E-state index contributed by atoms with van der Waals surface area (Å²) in [6, 6.07) is 22.2. The second kappa shape index (κ2) is 7.40. The first kappa shape index (κ1) is 20.9. The zero-order chi connectivity index (χ0) is 20.8. The van der Waals surface area contributed by atoms with Crippen molar-refractivity contribution in [1.82, 2.24) is 3.80 Å². The SMILES string of the molecule is Cc1ccccc1C(=O)[NH][Ti]([Cl])([Cl])([c]1cccc2c1Cc1ccccc1-2)[SiH](C)C. The molecule has 2 nitrogen and oxygen atoms in total. The van der Waals surface area contributed by atoms with Gasteiger partial charge in [-0.15, -0.1) is 0 Å². The molecule has 0 heterocycles. The van der Waals surface area contributed by atoms with E-state index in [4.69, 9.17) is 18.6 Å². The summed E-state index contributed by atoms with van der Waals surface area (Å²) in [5.74, 6) is -0.167. The number of nitrogens with one attached hydrogen (secondary N) is 1. The van der Waals surface area contributed by atoms with E-state index in [9.17, 15) is 4.79 Å². The van der Waals surface area contributed by atoms with Crippen LogP contribution in [0.4, 0.5) is 0 Å². The Bertz CT molecular complexity index is 1130. The third-order valence-electron chi connectivity index (χ3n) is 6.09. The minimum atomic E-state index is -4.55. The molecule has 6 heteroatoms. The van der Waals surface area contributed by atoms with Crippen LogP contribution in [0.2, 0.25) is 13.1 Å². The van der Waals surface area contributed by atoms with Gasteiger partial charge >= 0.3 is 183 Å². The van der Waals surface area contributed by atoms with E-state index < -0.39 is 19.4 Å². The predicted octanol–water partition coefficient (Wildman–Crippen LogP) is 5.52. The summed E-state index contributed by atoms with van der Waals surface area (Å²) in [5.41, 5.74) is 6.45. The molecule has 0 fully saturated rings. The van der Waals surface area contributed by atoms with E-state index in [1.165, 1.54) is 22.3 Å². The Morgan fingerprint density at radius 2 is 1.59 bits per heavy atom. The molecular formula is C23H24Cl2NOSiTi. The fraction of sp³-hybridized carbons (Fsp3) is 0.174. The molecule has 0 bridgehead atoms. The van der Waals surface area contributed by atoms with Crippen molar-refractivity contribution in [3.63, 3.8) is 0 Å². The fourth-order valence-corrected chi connectivity index (χ4v) is 16.1. The molecule has 0 saturated heterocycles. The number of fused-ring (bicyclic) bond motifs is 3. The molecule has 0 saturated carbocycles. The van der Waals surface area contributed by atoms with E-state index in [2.05, 4.69) is 47.2 Å². The van der Waals surface area contributed by atoms with Crippen molar-refractivity contribution in [2.75, 3.05) is 0 Å². The molecule has 29 heavy (non-hydrogen) atoms. The second-order valence-corrected chi connectivity index (χ2v) is 35.5. The Labute approximate surface area is 182 Å². The quantitative estimate of drug-likeness (QED) is 0.386. The van der Waals surface area contributed by atoms with E-state index in [1.807, 2.05) is 43.3 Å². The number of benzene rings is 3. The standard InChI is InChI=1S/C13H9.C8H9NO.C2H7Si.2ClH.Ti/c1-3-7-12-10(5-1)9-11-6-2-4-8-13(11)12;1-6-4-2-3-5-7(6)8(9)10;1-3-2;;;/h1-5,7-8H,9H2;2-5H,1H3,(H2,9,10);3H,1-2H3;2*1H;/q;;;;;+3/p-3. The number of amides is 1. The number of aryl methyl sites for hydroxylation is 1. The van der Waals surface area contributed by atoms with Crippen LogP contribution in [-0.4, -0.2) is 12.6 Å². The molecule has 0 radical (unpaired) electrons. The molecule has 1 aliphatic rings. The van der Waals surface area contributed by atoms with Gasteiger partial charge in [0.05, 0.1) is 0 Å². The van der Waals surface area contributed by atoms with Crippen LogP contribution in [0.25, 0.3) is 11.1 Å². The van der Waals surface area contributed by atoms with Crippen LogP contribution >= 0.6 is 18.6 Å². The van der Waals surface area contributed by atoms with Gasteiger partial charge in [-0.2, -0.15) is 0 Å². The maximum absolute atomic E-state index is 13.3. The Morgan fingerprint density at radius 1 is 0.931 bits per heavy atom. The number of carbonyl (C=O) groups excluding carboxylic acids is 1. The summed E-state index contributed by atoms with van der Waals surface area (Å²) in [5, 5.41) is 0.